The van der Waals surface area contributed by atoms with Crippen molar-refractivity contribution in [1.82, 2.24) is 20.0 Å². The third-order valence-corrected chi connectivity index (χ3v) is 3.66. The van der Waals surface area contributed by atoms with Gasteiger partial charge in [-0.1, -0.05) is 0 Å². The molecule has 1 heterocycles. The Morgan fingerprint density at radius 1 is 1.15 bits per heavy atom. The van der Waals surface area contributed by atoms with E-state index in [9.17, 15) is 13.2 Å². The average Bonchev–Trinajstić information content (AvgIpc) is 2.35. The Labute approximate surface area is 119 Å². The van der Waals surface area contributed by atoms with Gasteiger partial charge in [-0.15, -0.1) is 0 Å². The lowest BCUT2D eigenvalue weighted by Gasteiger charge is -2.38. The quantitative estimate of drug-likeness (QED) is 0.747. The van der Waals surface area contributed by atoms with Crippen molar-refractivity contribution < 1.29 is 13.2 Å². The number of piperazine rings is 1. The second kappa shape index (κ2) is 8.17. The molecule has 0 spiro atoms. The summed E-state index contributed by atoms with van der Waals surface area (Å²) in [5, 5.41) is 2.49. The maximum absolute atomic E-state index is 12.1. The van der Waals surface area contributed by atoms with Crippen LogP contribution in [0.15, 0.2) is 0 Å². The lowest BCUT2D eigenvalue weighted by Crippen LogP contribution is -2.53. The molecular weight excluding hydrogens is 269 g/mol. The number of likely N-dealkylation sites (N-methyl/N-ethyl adjacent to an activating group) is 1. The van der Waals surface area contributed by atoms with Gasteiger partial charge in [0.25, 0.3) is 0 Å². The topological polar surface area (TPSA) is 21.8 Å². The van der Waals surface area contributed by atoms with Crippen LogP contribution in [0.25, 0.3) is 0 Å². The first-order chi connectivity index (χ1) is 9.28. The fourth-order valence-electron chi connectivity index (χ4n) is 2.32. The molecule has 0 aromatic heterocycles. The van der Waals surface area contributed by atoms with Crippen LogP contribution in [0, 0.1) is 0 Å². The van der Waals surface area contributed by atoms with Crippen molar-refractivity contribution in [3.63, 3.8) is 0 Å². The molecule has 120 valence electrons. The molecular formula is C13H27F3N4. The van der Waals surface area contributed by atoms with Crippen LogP contribution in [-0.4, -0.2) is 93.4 Å². The van der Waals surface area contributed by atoms with Gasteiger partial charge in [0.2, 0.25) is 0 Å². The van der Waals surface area contributed by atoms with Gasteiger partial charge in [-0.2, -0.15) is 13.2 Å². The molecule has 20 heavy (non-hydrogen) atoms. The number of rotatable bonds is 7. The van der Waals surface area contributed by atoms with Crippen LogP contribution >= 0.6 is 0 Å². The predicted molar refractivity (Wildman–Crippen MR) is 75.0 cm³/mol. The Kier molecular flexibility index (Phi) is 7.22. The van der Waals surface area contributed by atoms with Crippen molar-refractivity contribution in [3.8, 4) is 0 Å². The number of hydrogen-bond donors (Lipinski definition) is 1. The Hall–Kier alpha value is -0.370. The Morgan fingerprint density at radius 2 is 1.75 bits per heavy atom. The summed E-state index contributed by atoms with van der Waals surface area (Å²) < 4.78 is 36.2. The zero-order valence-corrected chi connectivity index (χ0v) is 12.7. The number of nitrogens with zero attached hydrogens (tertiary/aromatic N) is 3. The minimum Gasteiger partial charge on any atom is -0.308 e. The molecule has 0 saturated carbocycles. The highest BCUT2D eigenvalue weighted by Gasteiger charge is 2.27. The van der Waals surface area contributed by atoms with Crippen molar-refractivity contribution >= 4 is 0 Å². The first-order valence-corrected chi connectivity index (χ1v) is 7.16. The van der Waals surface area contributed by atoms with Crippen LogP contribution in [-0.2, 0) is 0 Å². The maximum atomic E-state index is 12.1. The first-order valence-electron chi connectivity index (χ1n) is 7.16. The van der Waals surface area contributed by atoms with E-state index >= 15 is 0 Å². The van der Waals surface area contributed by atoms with Crippen molar-refractivity contribution in [2.24, 2.45) is 0 Å². The second-order valence-corrected chi connectivity index (χ2v) is 5.78. The SMILES string of the molecule is CC(CNCC(F)(F)F)N1CCN(CCN(C)C)CC1. The number of alkyl halides is 3. The summed E-state index contributed by atoms with van der Waals surface area (Å²) in [5.41, 5.74) is 0. The minimum atomic E-state index is -4.12. The highest BCUT2D eigenvalue weighted by molar-refractivity contribution is 4.78. The van der Waals surface area contributed by atoms with Gasteiger partial charge in [0, 0.05) is 51.9 Å². The maximum Gasteiger partial charge on any atom is 0.401 e. The van der Waals surface area contributed by atoms with E-state index in [1.54, 1.807) is 0 Å². The third-order valence-electron chi connectivity index (χ3n) is 3.66. The molecule has 7 heteroatoms. The lowest BCUT2D eigenvalue weighted by atomic mass is 10.2. The monoisotopic (exact) mass is 296 g/mol. The lowest BCUT2D eigenvalue weighted by molar-refractivity contribution is -0.125. The summed E-state index contributed by atoms with van der Waals surface area (Å²) in [6.07, 6.45) is -4.12. The fourth-order valence-corrected chi connectivity index (χ4v) is 2.32. The molecule has 4 nitrogen and oxygen atoms in total. The van der Waals surface area contributed by atoms with E-state index in [1.807, 2.05) is 6.92 Å². The molecule has 1 atom stereocenters. The molecule has 0 aromatic carbocycles. The van der Waals surface area contributed by atoms with Gasteiger partial charge in [-0.3, -0.25) is 9.80 Å². The molecule has 1 aliphatic heterocycles. The Bertz CT molecular complexity index is 263. The summed E-state index contributed by atoms with van der Waals surface area (Å²) in [6.45, 7) is 7.43. The average molecular weight is 296 g/mol. The van der Waals surface area contributed by atoms with E-state index in [-0.39, 0.29) is 6.04 Å². The molecule has 1 saturated heterocycles. The highest BCUT2D eigenvalue weighted by Crippen LogP contribution is 2.12. The van der Waals surface area contributed by atoms with E-state index in [0.29, 0.717) is 6.54 Å². The van der Waals surface area contributed by atoms with Crippen molar-refractivity contribution in [1.29, 1.82) is 0 Å². The number of hydrogen-bond acceptors (Lipinski definition) is 4. The predicted octanol–water partition coefficient (Wildman–Crippen LogP) is 0.706. The van der Waals surface area contributed by atoms with Crippen LogP contribution in [0.1, 0.15) is 6.92 Å². The summed E-state index contributed by atoms with van der Waals surface area (Å²) in [4.78, 5) is 6.83. The van der Waals surface area contributed by atoms with Gasteiger partial charge < -0.3 is 10.2 Å². The molecule has 1 aliphatic rings. The first kappa shape index (κ1) is 17.7. The molecule has 1 N–H and O–H groups in total. The van der Waals surface area contributed by atoms with Gasteiger partial charge in [0.15, 0.2) is 0 Å². The van der Waals surface area contributed by atoms with Crippen molar-refractivity contribution in [2.45, 2.75) is 19.1 Å². The molecule has 0 bridgehead atoms. The Balaban J connectivity index is 2.17. The number of nitrogens with one attached hydrogen (secondary N) is 1. The Morgan fingerprint density at radius 3 is 2.25 bits per heavy atom. The fraction of sp³-hybridized carbons (Fsp3) is 1.00. The van der Waals surface area contributed by atoms with Crippen LogP contribution in [0.5, 0.6) is 0 Å². The third kappa shape index (κ3) is 7.42. The van der Waals surface area contributed by atoms with Crippen LogP contribution in [0.4, 0.5) is 13.2 Å². The van der Waals surface area contributed by atoms with E-state index < -0.39 is 12.7 Å². The van der Waals surface area contributed by atoms with Gasteiger partial charge >= 0.3 is 6.18 Å². The van der Waals surface area contributed by atoms with E-state index in [2.05, 4.69) is 34.1 Å². The molecule has 0 amide bonds. The summed E-state index contributed by atoms with van der Waals surface area (Å²) in [5.74, 6) is 0. The summed E-state index contributed by atoms with van der Waals surface area (Å²) in [7, 11) is 4.12. The van der Waals surface area contributed by atoms with Gasteiger partial charge in [-0.05, 0) is 21.0 Å². The molecule has 0 aliphatic carbocycles. The van der Waals surface area contributed by atoms with Gasteiger partial charge in [0.1, 0.15) is 0 Å². The largest absolute Gasteiger partial charge is 0.401 e. The smallest absolute Gasteiger partial charge is 0.308 e. The zero-order valence-electron chi connectivity index (χ0n) is 12.7. The molecule has 1 unspecified atom stereocenters. The van der Waals surface area contributed by atoms with Crippen LogP contribution in [0.2, 0.25) is 0 Å². The molecule has 1 rings (SSSR count). The van der Waals surface area contributed by atoms with Crippen molar-refractivity contribution in [3.05, 3.63) is 0 Å². The summed E-state index contributed by atoms with van der Waals surface area (Å²) >= 11 is 0. The van der Waals surface area contributed by atoms with Gasteiger partial charge in [0.05, 0.1) is 6.54 Å². The van der Waals surface area contributed by atoms with Crippen LogP contribution in [0.3, 0.4) is 0 Å². The highest BCUT2D eigenvalue weighted by atomic mass is 19.4. The van der Waals surface area contributed by atoms with Crippen molar-refractivity contribution in [2.75, 3.05) is 66.5 Å². The minimum absolute atomic E-state index is 0.147. The summed E-state index contributed by atoms with van der Waals surface area (Å²) in [6, 6.07) is 0.147. The van der Waals surface area contributed by atoms with E-state index in [1.165, 1.54) is 0 Å². The number of halogens is 3. The second-order valence-electron chi connectivity index (χ2n) is 5.78. The van der Waals surface area contributed by atoms with Gasteiger partial charge in [-0.25, -0.2) is 0 Å². The zero-order chi connectivity index (χ0) is 15.2. The van der Waals surface area contributed by atoms with Crippen LogP contribution < -0.4 is 5.32 Å². The van der Waals surface area contributed by atoms with E-state index in [4.69, 9.17) is 0 Å². The molecule has 1 fully saturated rings. The molecule has 0 radical (unpaired) electrons. The normalized spacial score (nSPS) is 20.6. The van der Waals surface area contributed by atoms with E-state index in [0.717, 1.165) is 39.3 Å². The molecule has 0 aromatic rings. The standard InChI is InChI=1S/C13H27F3N4/c1-12(10-17-11-13(14,15)16)20-8-6-19(7-9-20)5-4-18(2)3/h12,17H,4-11H2,1-3H3.